The summed E-state index contributed by atoms with van der Waals surface area (Å²) in [4.78, 5) is 6.81. The van der Waals surface area contributed by atoms with Gasteiger partial charge in [-0.05, 0) is 13.0 Å². The second-order valence-electron chi connectivity index (χ2n) is 4.58. The van der Waals surface area contributed by atoms with E-state index < -0.39 is 0 Å². The van der Waals surface area contributed by atoms with Crippen LogP contribution in [-0.4, -0.2) is 40.4 Å². The predicted octanol–water partition coefficient (Wildman–Crippen LogP) is 1.19. The average molecular weight is 268 g/mol. The predicted molar refractivity (Wildman–Crippen MR) is 75.4 cm³/mol. The number of halogens is 1. The first-order valence-corrected chi connectivity index (χ1v) is 6.01. The summed E-state index contributed by atoms with van der Waals surface area (Å²) < 4.78 is 1.83. The first-order chi connectivity index (χ1) is 8.27. The molecule has 0 unspecified atom stereocenters. The maximum Gasteiger partial charge on any atom is 0.159 e. The van der Waals surface area contributed by atoms with Crippen molar-refractivity contribution in [1.82, 2.24) is 20.1 Å². The second kappa shape index (κ2) is 5.12. The van der Waals surface area contributed by atoms with Gasteiger partial charge in [0.15, 0.2) is 5.65 Å². The summed E-state index contributed by atoms with van der Waals surface area (Å²) in [6.07, 6.45) is 3.78. The van der Waals surface area contributed by atoms with Crippen molar-refractivity contribution in [2.75, 3.05) is 24.5 Å². The minimum atomic E-state index is 0. The Morgan fingerprint density at radius 1 is 1.44 bits per heavy atom. The number of rotatable bonds is 1. The Morgan fingerprint density at radius 2 is 2.28 bits per heavy atom. The van der Waals surface area contributed by atoms with E-state index in [0.29, 0.717) is 6.04 Å². The van der Waals surface area contributed by atoms with Crippen LogP contribution in [0.1, 0.15) is 6.92 Å². The summed E-state index contributed by atoms with van der Waals surface area (Å²) in [6.45, 7) is 5.35. The third-order valence-electron chi connectivity index (χ3n) is 3.42. The van der Waals surface area contributed by atoms with Crippen molar-refractivity contribution in [2.45, 2.75) is 13.0 Å². The molecule has 0 amide bonds. The van der Waals surface area contributed by atoms with Crippen LogP contribution in [0.25, 0.3) is 11.0 Å². The molecule has 1 fully saturated rings. The molecule has 0 aliphatic carbocycles. The van der Waals surface area contributed by atoms with Gasteiger partial charge in [-0.2, -0.15) is 5.10 Å². The van der Waals surface area contributed by atoms with E-state index in [1.165, 1.54) is 5.69 Å². The molecule has 1 aliphatic rings. The fourth-order valence-electron chi connectivity index (χ4n) is 2.48. The van der Waals surface area contributed by atoms with Crippen molar-refractivity contribution in [1.29, 1.82) is 0 Å². The van der Waals surface area contributed by atoms with Gasteiger partial charge in [-0.3, -0.25) is 4.68 Å². The Labute approximate surface area is 113 Å². The molecule has 18 heavy (non-hydrogen) atoms. The SMILES string of the molecule is C[C@H]1CNCCN1c1ccnc2c1cnn2C.Cl. The molecular formula is C12H18ClN5. The molecule has 2 aromatic heterocycles. The Bertz CT molecular complexity index is 538. The molecule has 0 spiro atoms. The lowest BCUT2D eigenvalue weighted by molar-refractivity contribution is 0.502. The molecule has 0 bridgehead atoms. The summed E-state index contributed by atoms with van der Waals surface area (Å²) in [6, 6.07) is 2.60. The summed E-state index contributed by atoms with van der Waals surface area (Å²) in [5.41, 5.74) is 2.20. The maximum absolute atomic E-state index is 4.38. The number of pyridine rings is 1. The van der Waals surface area contributed by atoms with Crippen LogP contribution in [0.5, 0.6) is 0 Å². The van der Waals surface area contributed by atoms with Gasteiger partial charge in [-0.1, -0.05) is 0 Å². The molecule has 0 saturated carbocycles. The molecule has 1 atom stereocenters. The number of piperazine rings is 1. The monoisotopic (exact) mass is 267 g/mol. The molecule has 2 aromatic rings. The molecule has 6 heteroatoms. The van der Waals surface area contributed by atoms with Crippen LogP contribution < -0.4 is 10.2 Å². The highest BCUT2D eigenvalue weighted by molar-refractivity contribution is 5.89. The van der Waals surface area contributed by atoms with Gasteiger partial charge in [-0.25, -0.2) is 4.98 Å². The van der Waals surface area contributed by atoms with Gasteiger partial charge in [0, 0.05) is 38.9 Å². The number of hydrogen-bond donors (Lipinski definition) is 1. The van der Waals surface area contributed by atoms with Crippen molar-refractivity contribution in [3.05, 3.63) is 18.5 Å². The van der Waals surface area contributed by atoms with Gasteiger partial charge in [0.05, 0.1) is 17.3 Å². The van der Waals surface area contributed by atoms with Crippen molar-refractivity contribution < 1.29 is 0 Å². The van der Waals surface area contributed by atoms with Crippen molar-refractivity contribution >= 4 is 29.1 Å². The van der Waals surface area contributed by atoms with Crippen molar-refractivity contribution in [3.8, 4) is 0 Å². The van der Waals surface area contributed by atoms with E-state index in [-0.39, 0.29) is 12.4 Å². The third kappa shape index (κ3) is 2.04. The summed E-state index contributed by atoms with van der Waals surface area (Å²) in [5, 5.41) is 8.84. The Morgan fingerprint density at radius 3 is 3.06 bits per heavy atom. The fraction of sp³-hybridized carbons (Fsp3) is 0.500. The minimum Gasteiger partial charge on any atom is -0.366 e. The number of hydrogen-bond acceptors (Lipinski definition) is 4. The van der Waals surface area contributed by atoms with Crippen LogP contribution in [-0.2, 0) is 7.05 Å². The molecule has 0 radical (unpaired) electrons. The van der Waals surface area contributed by atoms with Gasteiger partial charge in [0.1, 0.15) is 0 Å². The van der Waals surface area contributed by atoms with Crippen LogP contribution in [0.2, 0.25) is 0 Å². The molecule has 98 valence electrons. The number of anilines is 1. The Hall–Kier alpha value is -1.33. The van der Waals surface area contributed by atoms with Crippen LogP contribution in [0, 0.1) is 0 Å². The summed E-state index contributed by atoms with van der Waals surface area (Å²) in [7, 11) is 1.93. The Kier molecular flexibility index (Phi) is 3.73. The number of fused-ring (bicyclic) bond motifs is 1. The molecule has 5 nitrogen and oxygen atoms in total. The quantitative estimate of drug-likeness (QED) is 0.843. The molecule has 3 heterocycles. The van der Waals surface area contributed by atoms with Gasteiger partial charge in [0.2, 0.25) is 0 Å². The summed E-state index contributed by atoms with van der Waals surface area (Å²) >= 11 is 0. The second-order valence-corrected chi connectivity index (χ2v) is 4.58. The molecular weight excluding hydrogens is 250 g/mol. The van der Waals surface area contributed by atoms with E-state index in [9.17, 15) is 0 Å². The normalized spacial score (nSPS) is 19.9. The lowest BCUT2D eigenvalue weighted by atomic mass is 10.1. The number of aryl methyl sites for hydroxylation is 1. The van der Waals surface area contributed by atoms with Gasteiger partial charge in [-0.15, -0.1) is 12.4 Å². The topological polar surface area (TPSA) is 46.0 Å². The highest BCUT2D eigenvalue weighted by Gasteiger charge is 2.20. The van der Waals surface area contributed by atoms with E-state index in [2.05, 4.69) is 33.3 Å². The van der Waals surface area contributed by atoms with E-state index in [1.807, 2.05) is 24.1 Å². The van der Waals surface area contributed by atoms with Crippen molar-refractivity contribution in [2.24, 2.45) is 7.05 Å². The summed E-state index contributed by atoms with van der Waals surface area (Å²) in [5.74, 6) is 0. The lowest BCUT2D eigenvalue weighted by Crippen LogP contribution is -2.50. The van der Waals surface area contributed by atoms with E-state index in [4.69, 9.17) is 0 Å². The van der Waals surface area contributed by atoms with E-state index in [0.717, 1.165) is 30.7 Å². The Balaban J connectivity index is 0.00000120. The van der Waals surface area contributed by atoms with Gasteiger partial charge in [0.25, 0.3) is 0 Å². The van der Waals surface area contributed by atoms with Crippen LogP contribution >= 0.6 is 12.4 Å². The van der Waals surface area contributed by atoms with Crippen LogP contribution in [0.4, 0.5) is 5.69 Å². The third-order valence-corrected chi connectivity index (χ3v) is 3.42. The van der Waals surface area contributed by atoms with E-state index in [1.54, 1.807) is 0 Å². The highest BCUT2D eigenvalue weighted by Crippen LogP contribution is 2.26. The maximum atomic E-state index is 4.38. The zero-order chi connectivity index (χ0) is 11.8. The lowest BCUT2D eigenvalue weighted by Gasteiger charge is -2.36. The zero-order valence-corrected chi connectivity index (χ0v) is 11.4. The standard InChI is InChI=1S/C12H17N5.ClH/c1-9-7-13-5-6-17(9)11-3-4-14-12-10(11)8-15-16(12)2;/h3-4,8-9,13H,5-7H2,1-2H3;1H/t9-;/m0./s1. The largest absolute Gasteiger partial charge is 0.366 e. The molecule has 3 rings (SSSR count). The molecule has 1 saturated heterocycles. The van der Waals surface area contributed by atoms with Gasteiger partial charge >= 0.3 is 0 Å². The molecule has 1 aliphatic heterocycles. The smallest absolute Gasteiger partial charge is 0.159 e. The fourth-order valence-corrected chi connectivity index (χ4v) is 2.48. The average Bonchev–Trinajstić information content (AvgIpc) is 2.72. The number of aromatic nitrogens is 3. The van der Waals surface area contributed by atoms with Crippen molar-refractivity contribution in [3.63, 3.8) is 0 Å². The first kappa shape index (κ1) is 13.1. The minimum absolute atomic E-state index is 0. The number of nitrogens with one attached hydrogen (secondary N) is 1. The molecule has 0 aromatic carbocycles. The van der Waals surface area contributed by atoms with Crippen LogP contribution in [0.3, 0.4) is 0 Å². The first-order valence-electron chi connectivity index (χ1n) is 6.01. The highest BCUT2D eigenvalue weighted by atomic mass is 35.5. The van der Waals surface area contributed by atoms with Crippen LogP contribution in [0.15, 0.2) is 18.5 Å². The van der Waals surface area contributed by atoms with Gasteiger partial charge < -0.3 is 10.2 Å². The van der Waals surface area contributed by atoms with E-state index >= 15 is 0 Å². The molecule has 1 N–H and O–H groups in total. The zero-order valence-electron chi connectivity index (χ0n) is 10.6. The number of nitrogens with zero attached hydrogens (tertiary/aromatic N) is 4.